The van der Waals surface area contributed by atoms with Crippen LogP contribution in [0, 0.1) is 5.41 Å². The molecular formula is C3H4NSe. The third-order valence-electron chi connectivity index (χ3n) is 0.175. The quantitative estimate of drug-likeness (QED) is 0.393. The van der Waals surface area contributed by atoms with E-state index < -0.39 is 0 Å². The van der Waals surface area contributed by atoms with Crippen LogP contribution in [0.25, 0.3) is 0 Å². The molecule has 0 aromatic carbocycles. The molecule has 1 radical (unpaired) electrons. The molecule has 1 N–H and O–H groups in total. The van der Waals surface area contributed by atoms with Gasteiger partial charge in [0.2, 0.25) is 0 Å². The average molecular weight is 133 g/mol. The summed E-state index contributed by atoms with van der Waals surface area (Å²) >= 11 is 2.61. The van der Waals surface area contributed by atoms with E-state index in [2.05, 4.69) is 16.0 Å². The Morgan fingerprint density at radius 2 is 2.20 bits per heavy atom. The fourth-order valence-corrected chi connectivity index (χ4v) is 0.204. The zero-order chi connectivity index (χ0) is 4.12. The monoisotopic (exact) mass is 134 g/mol. The average Bonchev–Trinajstić information content (AvgIpc) is 1.41. The van der Waals surface area contributed by atoms with Crippen LogP contribution in [0.1, 0.15) is 0 Å². The van der Waals surface area contributed by atoms with Gasteiger partial charge < -0.3 is 0 Å². The molecule has 0 aliphatic rings. The summed E-state index contributed by atoms with van der Waals surface area (Å²) < 4.78 is 0. The molecule has 0 saturated heterocycles. The summed E-state index contributed by atoms with van der Waals surface area (Å²) in [6, 6.07) is 0. The molecule has 0 unspecified atom stereocenters. The van der Waals surface area contributed by atoms with Gasteiger partial charge in [0.05, 0.1) is 0 Å². The van der Waals surface area contributed by atoms with E-state index in [1.165, 1.54) is 6.21 Å². The summed E-state index contributed by atoms with van der Waals surface area (Å²) in [6.07, 6.45) is 2.83. The molecule has 0 atom stereocenters. The molecule has 0 aliphatic carbocycles. The Hall–Kier alpha value is -0.0705. The van der Waals surface area contributed by atoms with Gasteiger partial charge in [0.15, 0.2) is 0 Å². The molecule has 0 rings (SSSR count). The minimum absolute atomic E-state index is 1.22. The van der Waals surface area contributed by atoms with E-state index in [4.69, 9.17) is 5.41 Å². The van der Waals surface area contributed by atoms with E-state index in [-0.39, 0.29) is 0 Å². The van der Waals surface area contributed by atoms with Gasteiger partial charge in [-0.15, -0.1) is 0 Å². The molecule has 0 aliphatic heterocycles. The molecule has 1 nitrogen and oxygen atoms in total. The van der Waals surface area contributed by atoms with Gasteiger partial charge in [-0.2, -0.15) is 0 Å². The molecule has 2 heteroatoms. The number of allylic oxidation sites excluding steroid dienone is 1. The van der Waals surface area contributed by atoms with Crippen molar-refractivity contribution in [3.8, 4) is 0 Å². The molecule has 0 fully saturated rings. The van der Waals surface area contributed by atoms with Crippen molar-refractivity contribution < 1.29 is 0 Å². The van der Waals surface area contributed by atoms with Gasteiger partial charge >= 0.3 is 38.7 Å². The first kappa shape index (κ1) is 4.93. The van der Waals surface area contributed by atoms with Gasteiger partial charge in [-0.3, -0.25) is 0 Å². The van der Waals surface area contributed by atoms with Crippen molar-refractivity contribution in [1.82, 2.24) is 0 Å². The molecular weight excluding hydrogens is 129 g/mol. The van der Waals surface area contributed by atoms with E-state index in [9.17, 15) is 0 Å². The van der Waals surface area contributed by atoms with Crippen molar-refractivity contribution in [3.63, 3.8) is 0 Å². The van der Waals surface area contributed by atoms with Gasteiger partial charge in [-0.05, 0) is 0 Å². The summed E-state index contributed by atoms with van der Waals surface area (Å²) in [6.45, 7) is 0. The van der Waals surface area contributed by atoms with Gasteiger partial charge in [-0.25, -0.2) is 0 Å². The van der Waals surface area contributed by atoms with Crippen molar-refractivity contribution in [1.29, 1.82) is 5.41 Å². The molecule has 5 heavy (non-hydrogen) atoms. The predicted octanol–water partition coefficient (Wildman–Crippen LogP) is 0.318. The predicted molar refractivity (Wildman–Crippen MR) is 23.7 cm³/mol. The van der Waals surface area contributed by atoms with Crippen LogP contribution in [0.15, 0.2) is 11.1 Å². The van der Waals surface area contributed by atoms with Crippen LogP contribution in [0.5, 0.6) is 0 Å². The molecule has 27 valence electrons. The van der Waals surface area contributed by atoms with Crippen LogP contribution in [-0.2, 0) is 0 Å². The van der Waals surface area contributed by atoms with Crippen molar-refractivity contribution in [2.45, 2.75) is 0 Å². The Kier molecular flexibility index (Phi) is 3.87. The van der Waals surface area contributed by atoms with Crippen LogP contribution in [-0.4, -0.2) is 22.2 Å². The van der Waals surface area contributed by atoms with Crippen molar-refractivity contribution in [2.24, 2.45) is 0 Å². The van der Waals surface area contributed by atoms with E-state index >= 15 is 0 Å². The molecule has 0 saturated carbocycles. The van der Waals surface area contributed by atoms with Crippen LogP contribution in [0.4, 0.5) is 0 Å². The first-order valence-electron chi connectivity index (χ1n) is 1.19. The van der Waals surface area contributed by atoms with E-state index in [1.54, 1.807) is 11.1 Å². The fraction of sp³-hybridized carbons (Fsp3) is 0. The van der Waals surface area contributed by atoms with Crippen molar-refractivity contribution in [3.05, 3.63) is 11.1 Å². The topological polar surface area (TPSA) is 23.9 Å². The van der Waals surface area contributed by atoms with Crippen LogP contribution < -0.4 is 0 Å². The Balaban J connectivity index is 2.92. The Bertz CT molecular complexity index is 48.9. The molecule has 0 aromatic rings. The number of rotatable bonds is 1. The molecule has 0 aromatic heterocycles. The van der Waals surface area contributed by atoms with Crippen LogP contribution in [0.2, 0.25) is 0 Å². The number of hydrogen-bond donors (Lipinski definition) is 1. The zero-order valence-electron chi connectivity index (χ0n) is 2.64. The number of nitrogens with one attached hydrogen (secondary N) is 1. The first-order chi connectivity index (χ1) is 2.41. The van der Waals surface area contributed by atoms with Gasteiger partial charge in [-0.1, -0.05) is 0 Å². The Morgan fingerprint density at radius 3 is 2.20 bits per heavy atom. The van der Waals surface area contributed by atoms with E-state index in [1.807, 2.05) is 0 Å². The van der Waals surface area contributed by atoms with Gasteiger partial charge in [0, 0.05) is 0 Å². The second-order valence-electron chi connectivity index (χ2n) is 0.495. The number of hydrogen-bond acceptors (Lipinski definition) is 1. The third kappa shape index (κ3) is 3.93. The van der Waals surface area contributed by atoms with E-state index in [0.29, 0.717) is 0 Å². The van der Waals surface area contributed by atoms with Crippen LogP contribution >= 0.6 is 0 Å². The van der Waals surface area contributed by atoms with Gasteiger partial charge in [0.25, 0.3) is 0 Å². The summed E-state index contributed by atoms with van der Waals surface area (Å²) in [5, 5.41) is 6.37. The maximum atomic E-state index is 6.37. The molecule has 0 bridgehead atoms. The SMILES string of the molecule is N=C/C=C\[Se]. The molecule has 0 spiro atoms. The Morgan fingerprint density at radius 1 is 1.60 bits per heavy atom. The second-order valence-corrected chi connectivity index (χ2v) is 1.07. The van der Waals surface area contributed by atoms with Crippen molar-refractivity contribution >= 4 is 22.2 Å². The third-order valence-corrected chi connectivity index (χ3v) is 0.504. The molecule has 0 heterocycles. The second kappa shape index (κ2) is 3.93. The standard InChI is InChI=1S/C3H4NSe/c4-2-1-3-5/h1-4H/b3-1-,4-2?. The van der Waals surface area contributed by atoms with Crippen molar-refractivity contribution in [2.75, 3.05) is 0 Å². The fourth-order valence-electron chi connectivity index (χ4n) is 0.0393. The minimum atomic E-state index is 1.22. The van der Waals surface area contributed by atoms with E-state index in [0.717, 1.165) is 0 Å². The maximum absolute atomic E-state index is 6.37. The van der Waals surface area contributed by atoms with Crippen LogP contribution in [0.3, 0.4) is 0 Å². The molecule has 0 amide bonds. The summed E-state index contributed by atoms with van der Waals surface area (Å²) in [5.74, 6) is 0. The normalized spacial score (nSPS) is 8.80. The Labute approximate surface area is 39.4 Å². The first-order valence-corrected chi connectivity index (χ1v) is 2.18. The van der Waals surface area contributed by atoms with Gasteiger partial charge in [0.1, 0.15) is 0 Å². The summed E-state index contributed by atoms with van der Waals surface area (Å²) in [7, 11) is 0. The zero-order valence-corrected chi connectivity index (χ0v) is 4.35. The summed E-state index contributed by atoms with van der Waals surface area (Å²) in [4.78, 5) is 1.69. The summed E-state index contributed by atoms with van der Waals surface area (Å²) in [5.41, 5.74) is 0.